The summed E-state index contributed by atoms with van der Waals surface area (Å²) >= 11 is 0. The molecule has 2 rings (SSSR count). The number of sulfonamides is 1. The fourth-order valence-electron chi connectivity index (χ4n) is 2.22. The number of aromatic nitrogens is 2. The van der Waals surface area contributed by atoms with Gasteiger partial charge < -0.3 is 10.1 Å². The Morgan fingerprint density at radius 2 is 2.29 bits per heavy atom. The zero-order chi connectivity index (χ0) is 15.3. The molecule has 1 aromatic rings. The highest BCUT2D eigenvalue weighted by molar-refractivity contribution is 7.89. The van der Waals surface area contributed by atoms with Gasteiger partial charge in [0.15, 0.2) is 5.03 Å². The van der Waals surface area contributed by atoms with Crippen LogP contribution in [0.3, 0.4) is 0 Å². The standard InChI is InChI=1S/C13H24N4O3S/c1-10(2)14-7-11-8-15-17-13(11)21(18,19)16-9-12-5-3-4-6-20-12/h8,10,12,14,16H,3-7,9H2,1-2H3,(H,15,17). The van der Waals surface area contributed by atoms with E-state index in [0.717, 1.165) is 19.3 Å². The number of rotatable bonds is 7. The number of H-pyrrole nitrogens is 1. The number of nitrogens with zero attached hydrogens (tertiary/aromatic N) is 1. The number of hydrogen-bond acceptors (Lipinski definition) is 5. The second-order valence-corrected chi connectivity index (χ2v) is 7.30. The van der Waals surface area contributed by atoms with Crippen LogP contribution in [0.5, 0.6) is 0 Å². The van der Waals surface area contributed by atoms with Gasteiger partial charge in [0.2, 0.25) is 0 Å². The molecule has 0 radical (unpaired) electrons. The van der Waals surface area contributed by atoms with Crippen molar-refractivity contribution in [1.82, 2.24) is 20.2 Å². The fourth-order valence-corrected chi connectivity index (χ4v) is 3.41. The lowest BCUT2D eigenvalue weighted by Gasteiger charge is -2.22. The Kier molecular flexibility index (Phi) is 5.74. The lowest BCUT2D eigenvalue weighted by atomic mass is 10.1. The molecule has 1 atom stereocenters. The molecule has 1 saturated heterocycles. The van der Waals surface area contributed by atoms with Gasteiger partial charge in [-0.25, -0.2) is 13.1 Å². The second-order valence-electron chi connectivity index (χ2n) is 5.60. The molecule has 7 nitrogen and oxygen atoms in total. The molecule has 0 saturated carbocycles. The number of aromatic amines is 1. The summed E-state index contributed by atoms with van der Waals surface area (Å²) < 4.78 is 32.8. The van der Waals surface area contributed by atoms with Gasteiger partial charge in [-0.05, 0) is 19.3 Å². The molecule has 120 valence electrons. The molecule has 1 aliphatic rings. The zero-order valence-electron chi connectivity index (χ0n) is 12.6. The third-order valence-corrected chi connectivity index (χ3v) is 4.86. The van der Waals surface area contributed by atoms with Crippen molar-refractivity contribution in [2.24, 2.45) is 0 Å². The van der Waals surface area contributed by atoms with Gasteiger partial charge in [0.1, 0.15) is 0 Å². The van der Waals surface area contributed by atoms with E-state index >= 15 is 0 Å². The largest absolute Gasteiger partial charge is 0.377 e. The van der Waals surface area contributed by atoms with Crippen molar-refractivity contribution in [2.75, 3.05) is 13.2 Å². The Morgan fingerprint density at radius 1 is 1.48 bits per heavy atom. The first-order valence-corrected chi connectivity index (χ1v) is 8.84. The first-order valence-electron chi connectivity index (χ1n) is 7.36. The minimum Gasteiger partial charge on any atom is -0.377 e. The first kappa shape index (κ1) is 16.4. The average Bonchev–Trinajstić information content (AvgIpc) is 2.93. The maximum atomic E-state index is 12.3. The molecule has 21 heavy (non-hydrogen) atoms. The van der Waals surface area contributed by atoms with Gasteiger partial charge in [-0.1, -0.05) is 13.8 Å². The van der Waals surface area contributed by atoms with Gasteiger partial charge in [0.05, 0.1) is 12.3 Å². The summed E-state index contributed by atoms with van der Waals surface area (Å²) in [7, 11) is -3.58. The predicted molar refractivity (Wildman–Crippen MR) is 79.3 cm³/mol. The van der Waals surface area contributed by atoms with Crippen LogP contribution in [0.1, 0.15) is 38.7 Å². The molecule has 1 aliphatic heterocycles. The minimum atomic E-state index is -3.58. The summed E-state index contributed by atoms with van der Waals surface area (Å²) in [5.41, 5.74) is 0.640. The van der Waals surface area contributed by atoms with E-state index in [9.17, 15) is 8.42 Å². The van der Waals surface area contributed by atoms with Crippen LogP contribution in [-0.4, -0.2) is 43.9 Å². The van der Waals surface area contributed by atoms with Crippen LogP contribution in [-0.2, 0) is 21.3 Å². The Morgan fingerprint density at radius 3 is 2.95 bits per heavy atom. The Labute approximate surface area is 125 Å². The third-order valence-electron chi connectivity index (χ3n) is 3.42. The number of ether oxygens (including phenoxy) is 1. The second kappa shape index (κ2) is 7.35. The summed E-state index contributed by atoms with van der Waals surface area (Å²) in [6.07, 6.45) is 4.54. The molecule has 0 bridgehead atoms. The van der Waals surface area contributed by atoms with E-state index in [1.165, 1.54) is 0 Å². The van der Waals surface area contributed by atoms with Crippen LogP contribution in [0.25, 0.3) is 0 Å². The highest BCUT2D eigenvalue weighted by Crippen LogP contribution is 2.15. The summed E-state index contributed by atoms with van der Waals surface area (Å²) in [6, 6.07) is 0.277. The Hall–Kier alpha value is -0.960. The first-order chi connectivity index (χ1) is 9.99. The monoisotopic (exact) mass is 316 g/mol. The molecule has 0 spiro atoms. The minimum absolute atomic E-state index is 0.0336. The Bertz CT molecular complexity index is 535. The highest BCUT2D eigenvalue weighted by atomic mass is 32.2. The van der Waals surface area contributed by atoms with E-state index in [-0.39, 0.29) is 17.2 Å². The van der Waals surface area contributed by atoms with E-state index < -0.39 is 10.0 Å². The van der Waals surface area contributed by atoms with Crippen molar-refractivity contribution in [3.63, 3.8) is 0 Å². The van der Waals surface area contributed by atoms with Crippen LogP contribution >= 0.6 is 0 Å². The van der Waals surface area contributed by atoms with Crippen LogP contribution < -0.4 is 10.0 Å². The zero-order valence-corrected chi connectivity index (χ0v) is 13.4. The fraction of sp³-hybridized carbons (Fsp3) is 0.769. The lowest BCUT2D eigenvalue weighted by molar-refractivity contribution is 0.0200. The van der Waals surface area contributed by atoms with Crippen LogP contribution in [0.4, 0.5) is 0 Å². The van der Waals surface area contributed by atoms with Gasteiger partial charge >= 0.3 is 0 Å². The quantitative estimate of drug-likeness (QED) is 0.690. The van der Waals surface area contributed by atoms with Gasteiger partial charge in [-0.15, -0.1) is 0 Å². The summed E-state index contributed by atoms with van der Waals surface area (Å²) in [4.78, 5) is 0. The summed E-state index contributed by atoms with van der Waals surface area (Å²) in [6.45, 7) is 5.49. The molecule has 2 heterocycles. The van der Waals surface area contributed by atoms with E-state index in [4.69, 9.17) is 4.74 Å². The van der Waals surface area contributed by atoms with E-state index in [1.807, 2.05) is 13.8 Å². The van der Waals surface area contributed by atoms with Crippen molar-refractivity contribution in [2.45, 2.75) is 56.8 Å². The average molecular weight is 316 g/mol. The van der Waals surface area contributed by atoms with Gasteiger partial charge in [-0.3, -0.25) is 5.10 Å². The number of hydrogen-bond donors (Lipinski definition) is 3. The lowest BCUT2D eigenvalue weighted by Crippen LogP contribution is -2.36. The molecule has 0 aromatic carbocycles. The smallest absolute Gasteiger partial charge is 0.257 e. The van der Waals surface area contributed by atoms with E-state index in [2.05, 4.69) is 20.2 Å². The van der Waals surface area contributed by atoms with Crippen molar-refractivity contribution in [3.05, 3.63) is 11.8 Å². The van der Waals surface area contributed by atoms with Crippen molar-refractivity contribution in [3.8, 4) is 0 Å². The van der Waals surface area contributed by atoms with Crippen LogP contribution in [0.2, 0.25) is 0 Å². The van der Waals surface area contributed by atoms with Crippen molar-refractivity contribution >= 4 is 10.0 Å². The molecular formula is C13H24N4O3S. The van der Waals surface area contributed by atoms with E-state index in [0.29, 0.717) is 25.3 Å². The predicted octanol–water partition coefficient (Wildman–Crippen LogP) is 0.755. The van der Waals surface area contributed by atoms with Crippen LogP contribution in [0, 0.1) is 0 Å². The topological polar surface area (TPSA) is 96.1 Å². The molecule has 1 aromatic heterocycles. The summed E-state index contributed by atoms with van der Waals surface area (Å²) in [5.74, 6) is 0. The molecule has 8 heteroatoms. The van der Waals surface area contributed by atoms with Crippen LogP contribution in [0.15, 0.2) is 11.2 Å². The molecule has 1 fully saturated rings. The van der Waals surface area contributed by atoms with Crippen molar-refractivity contribution < 1.29 is 13.2 Å². The highest BCUT2D eigenvalue weighted by Gasteiger charge is 2.23. The van der Waals surface area contributed by atoms with Gasteiger partial charge in [0, 0.05) is 31.3 Å². The van der Waals surface area contributed by atoms with Crippen molar-refractivity contribution in [1.29, 1.82) is 0 Å². The summed E-state index contributed by atoms with van der Waals surface area (Å²) in [5, 5.41) is 9.74. The number of nitrogens with one attached hydrogen (secondary N) is 3. The molecular weight excluding hydrogens is 292 g/mol. The molecule has 0 amide bonds. The SMILES string of the molecule is CC(C)NCc1cn[nH]c1S(=O)(=O)NCC1CCCCO1. The maximum absolute atomic E-state index is 12.3. The normalized spacial score (nSPS) is 20.0. The van der Waals surface area contributed by atoms with Gasteiger partial charge in [-0.2, -0.15) is 5.10 Å². The molecule has 0 aliphatic carbocycles. The Balaban J connectivity index is 1.96. The van der Waals surface area contributed by atoms with Gasteiger partial charge in [0.25, 0.3) is 10.0 Å². The molecule has 3 N–H and O–H groups in total. The third kappa shape index (κ3) is 4.77. The maximum Gasteiger partial charge on any atom is 0.257 e. The molecule has 1 unspecified atom stereocenters. The van der Waals surface area contributed by atoms with E-state index in [1.54, 1.807) is 6.20 Å².